The number of hydrogen-bond acceptors (Lipinski definition) is 2. The summed E-state index contributed by atoms with van der Waals surface area (Å²) in [6.07, 6.45) is 0. The molecule has 0 spiro atoms. The van der Waals surface area contributed by atoms with Crippen LogP contribution in [0.25, 0.3) is 0 Å². The van der Waals surface area contributed by atoms with Gasteiger partial charge in [-0.1, -0.05) is 47.5 Å². The van der Waals surface area contributed by atoms with Crippen LogP contribution in [-0.2, 0) is 5.75 Å². The van der Waals surface area contributed by atoms with E-state index in [1.54, 1.807) is 0 Å². The van der Waals surface area contributed by atoms with Gasteiger partial charge in [-0.05, 0) is 31.5 Å². The van der Waals surface area contributed by atoms with Crippen LogP contribution in [0.2, 0.25) is 0 Å². The van der Waals surface area contributed by atoms with Gasteiger partial charge in [0.1, 0.15) is 0 Å². The smallest absolute Gasteiger partial charge is 0.0340 e. The molecule has 0 aliphatic heterocycles. The highest BCUT2D eigenvalue weighted by molar-refractivity contribution is 7.98. The molecule has 0 radical (unpaired) electrons. The van der Waals surface area contributed by atoms with Crippen molar-refractivity contribution >= 4 is 17.4 Å². The molecule has 0 amide bonds. The third-order valence-corrected chi connectivity index (χ3v) is 4.01. The lowest BCUT2D eigenvalue weighted by molar-refractivity contribution is 1.22. The monoisotopic (exact) mass is 271 g/mol. The van der Waals surface area contributed by atoms with E-state index in [1.807, 2.05) is 11.8 Å². The van der Waals surface area contributed by atoms with Crippen molar-refractivity contribution in [3.63, 3.8) is 0 Å². The van der Waals surface area contributed by atoms with Crippen LogP contribution in [0.15, 0.2) is 48.5 Å². The van der Waals surface area contributed by atoms with Gasteiger partial charge in [0.2, 0.25) is 0 Å². The first kappa shape index (κ1) is 14.0. The molecule has 100 valence electrons. The van der Waals surface area contributed by atoms with Gasteiger partial charge in [0.05, 0.1) is 0 Å². The third kappa shape index (κ3) is 4.99. The van der Waals surface area contributed by atoms with Gasteiger partial charge in [0.15, 0.2) is 0 Å². The Hall–Kier alpha value is -1.41. The summed E-state index contributed by atoms with van der Waals surface area (Å²) in [6.45, 7) is 5.27. The minimum atomic E-state index is 1.01. The number of benzene rings is 2. The van der Waals surface area contributed by atoms with E-state index in [9.17, 15) is 0 Å². The molecule has 0 bridgehead atoms. The lowest BCUT2D eigenvalue weighted by Crippen LogP contribution is -2.04. The Kier molecular flexibility index (Phi) is 5.34. The predicted octanol–water partition coefficient (Wildman–Crippen LogP) is 4.65. The molecule has 0 unspecified atom stereocenters. The summed E-state index contributed by atoms with van der Waals surface area (Å²) in [7, 11) is 0. The largest absolute Gasteiger partial charge is 0.384 e. The van der Waals surface area contributed by atoms with Gasteiger partial charge in [-0.2, -0.15) is 11.8 Å². The topological polar surface area (TPSA) is 12.0 Å². The number of anilines is 1. The summed E-state index contributed by atoms with van der Waals surface area (Å²) in [5, 5.41) is 3.45. The van der Waals surface area contributed by atoms with E-state index < -0.39 is 0 Å². The summed E-state index contributed by atoms with van der Waals surface area (Å²) < 4.78 is 0. The van der Waals surface area contributed by atoms with E-state index in [-0.39, 0.29) is 0 Å². The molecule has 0 heterocycles. The van der Waals surface area contributed by atoms with Crippen molar-refractivity contribution in [2.75, 3.05) is 17.6 Å². The molecule has 2 aromatic carbocycles. The third-order valence-electron chi connectivity index (χ3n) is 2.98. The van der Waals surface area contributed by atoms with Crippen molar-refractivity contribution in [2.24, 2.45) is 0 Å². The Morgan fingerprint density at radius 2 is 1.74 bits per heavy atom. The van der Waals surface area contributed by atoms with E-state index in [0.29, 0.717) is 0 Å². The Morgan fingerprint density at radius 3 is 2.47 bits per heavy atom. The molecule has 1 nitrogen and oxygen atoms in total. The van der Waals surface area contributed by atoms with Crippen LogP contribution in [0.4, 0.5) is 5.69 Å². The van der Waals surface area contributed by atoms with Crippen LogP contribution in [0.3, 0.4) is 0 Å². The van der Waals surface area contributed by atoms with Crippen LogP contribution >= 0.6 is 11.8 Å². The highest BCUT2D eigenvalue weighted by Crippen LogP contribution is 2.14. The maximum atomic E-state index is 3.45. The molecule has 0 saturated heterocycles. The zero-order chi connectivity index (χ0) is 13.5. The van der Waals surface area contributed by atoms with Crippen molar-refractivity contribution in [3.8, 4) is 0 Å². The average Bonchev–Trinajstić information content (AvgIpc) is 2.41. The highest BCUT2D eigenvalue weighted by atomic mass is 32.2. The summed E-state index contributed by atoms with van der Waals surface area (Å²) in [5.74, 6) is 2.22. The maximum absolute atomic E-state index is 3.45. The fourth-order valence-electron chi connectivity index (χ4n) is 1.93. The van der Waals surface area contributed by atoms with Crippen molar-refractivity contribution in [1.29, 1.82) is 0 Å². The second kappa shape index (κ2) is 7.25. The predicted molar refractivity (Wildman–Crippen MR) is 87.0 cm³/mol. The number of thioether (sulfide) groups is 1. The van der Waals surface area contributed by atoms with Crippen LogP contribution in [0.1, 0.15) is 16.7 Å². The summed E-state index contributed by atoms with van der Waals surface area (Å²) in [6, 6.07) is 17.3. The Labute approximate surface area is 120 Å². The molecule has 0 saturated carbocycles. The van der Waals surface area contributed by atoms with Crippen LogP contribution in [-0.4, -0.2) is 12.3 Å². The summed E-state index contributed by atoms with van der Waals surface area (Å²) in [5.41, 5.74) is 5.28. The number of rotatable bonds is 6. The highest BCUT2D eigenvalue weighted by Gasteiger charge is 1.95. The fraction of sp³-hybridized carbons (Fsp3) is 0.294. The quantitative estimate of drug-likeness (QED) is 0.768. The minimum Gasteiger partial charge on any atom is -0.384 e. The van der Waals surface area contributed by atoms with Crippen LogP contribution < -0.4 is 5.32 Å². The number of aryl methyl sites for hydroxylation is 2. The van der Waals surface area contributed by atoms with Gasteiger partial charge in [-0.3, -0.25) is 0 Å². The summed E-state index contributed by atoms with van der Waals surface area (Å²) in [4.78, 5) is 0. The van der Waals surface area contributed by atoms with Crippen molar-refractivity contribution in [1.82, 2.24) is 0 Å². The SMILES string of the molecule is Cc1ccc(NCCSCc2cccc(C)c2)cc1. The van der Waals surface area contributed by atoms with E-state index in [2.05, 4.69) is 67.7 Å². The van der Waals surface area contributed by atoms with Crippen molar-refractivity contribution in [3.05, 3.63) is 65.2 Å². The first-order valence-electron chi connectivity index (χ1n) is 6.68. The lowest BCUT2D eigenvalue weighted by atomic mass is 10.2. The molecule has 0 aliphatic rings. The molecule has 0 atom stereocenters. The molecule has 19 heavy (non-hydrogen) atoms. The van der Waals surface area contributed by atoms with Gasteiger partial charge >= 0.3 is 0 Å². The maximum Gasteiger partial charge on any atom is 0.0340 e. The molecule has 1 N–H and O–H groups in total. The molecule has 0 fully saturated rings. The van der Waals surface area contributed by atoms with Crippen LogP contribution in [0, 0.1) is 13.8 Å². The molecule has 2 rings (SSSR count). The Morgan fingerprint density at radius 1 is 0.947 bits per heavy atom. The number of nitrogens with one attached hydrogen (secondary N) is 1. The fourth-order valence-corrected chi connectivity index (χ4v) is 2.74. The summed E-state index contributed by atoms with van der Waals surface area (Å²) >= 11 is 1.97. The van der Waals surface area contributed by atoms with Crippen LogP contribution in [0.5, 0.6) is 0 Å². The lowest BCUT2D eigenvalue weighted by Gasteiger charge is -2.07. The normalized spacial score (nSPS) is 10.4. The molecule has 2 aromatic rings. The molecular weight excluding hydrogens is 250 g/mol. The van der Waals surface area contributed by atoms with E-state index in [0.717, 1.165) is 18.1 Å². The zero-order valence-electron chi connectivity index (χ0n) is 11.6. The van der Waals surface area contributed by atoms with E-state index in [4.69, 9.17) is 0 Å². The standard InChI is InChI=1S/C17H21NS/c1-14-6-8-17(9-7-14)18-10-11-19-13-16-5-3-4-15(2)12-16/h3-9,12,18H,10-11,13H2,1-2H3. The second-order valence-electron chi connectivity index (χ2n) is 4.83. The first-order chi connectivity index (χ1) is 9.24. The van der Waals surface area contributed by atoms with Gasteiger partial charge in [-0.15, -0.1) is 0 Å². The van der Waals surface area contributed by atoms with Gasteiger partial charge in [0.25, 0.3) is 0 Å². The Bertz CT molecular complexity index is 505. The minimum absolute atomic E-state index is 1.01. The van der Waals surface area contributed by atoms with Gasteiger partial charge in [-0.25, -0.2) is 0 Å². The van der Waals surface area contributed by atoms with Gasteiger partial charge < -0.3 is 5.32 Å². The Balaban J connectivity index is 1.66. The molecular formula is C17H21NS. The van der Waals surface area contributed by atoms with Crippen molar-refractivity contribution < 1.29 is 0 Å². The number of hydrogen-bond donors (Lipinski definition) is 1. The second-order valence-corrected chi connectivity index (χ2v) is 5.94. The average molecular weight is 271 g/mol. The molecule has 0 aliphatic carbocycles. The van der Waals surface area contributed by atoms with E-state index >= 15 is 0 Å². The van der Waals surface area contributed by atoms with Gasteiger partial charge in [0, 0.05) is 23.7 Å². The molecule has 0 aromatic heterocycles. The molecule has 2 heteroatoms. The zero-order valence-corrected chi connectivity index (χ0v) is 12.5. The van der Waals surface area contributed by atoms with E-state index in [1.165, 1.54) is 22.4 Å². The van der Waals surface area contributed by atoms with Crippen molar-refractivity contribution in [2.45, 2.75) is 19.6 Å². The first-order valence-corrected chi connectivity index (χ1v) is 7.83.